The maximum Gasteiger partial charge on any atom is 0.251 e. The smallest absolute Gasteiger partial charge is 0.251 e. The highest BCUT2D eigenvalue weighted by molar-refractivity contribution is 6.04. The Balaban J connectivity index is 1.35. The second-order valence-electron chi connectivity index (χ2n) is 8.31. The number of benzene rings is 2. The molecule has 1 saturated heterocycles. The van der Waals surface area contributed by atoms with E-state index in [1.165, 1.54) is 5.56 Å². The van der Waals surface area contributed by atoms with Crippen LogP contribution in [-0.2, 0) is 13.1 Å². The zero-order valence-electron chi connectivity index (χ0n) is 17.0. The molecule has 29 heavy (non-hydrogen) atoms. The van der Waals surface area contributed by atoms with Crippen LogP contribution in [0.1, 0.15) is 58.0 Å². The standard InChI is InChI=1S/C24H29N3O2/c1-2-24(11-13-27(14-12-24)16-18-7-4-3-5-8-18)17-26-23(29)20-10-6-9-19-21(20)15-25-22(19)28/h3-10H,2,11-17H2,1H3,(H,25,28)(H,26,29). The van der Waals surface area contributed by atoms with Gasteiger partial charge in [0, 0.05) is 30.8 Å². The number of nitrogens with zero attached hydrogens (tertiary/aromatic N) is 1. The number of carbonyl (C=O) groups excluding carboxylic acids is 2. The normalized spacial score (nSPS) is 18.2. The molecule has 2 heterocycles. The van der Waals surface area contributed by atoms with Crippen molar-refractivity contribution in [2.45, 2.75) is 39.3 Å². The second-order valence-corrected chi connectivity index (χ2v) is 8.31. The maximum atomic E-state index is 12.9. The SMILES string of the molecule is CCC1(CNC(=O)c2cccc3c2CNC3=O)CCN(Cc2ccccc2)CC1. The van der Waals surface area contributed by atoms with Gasteiger partial charge in [0.1, 0.15) is 0 Å². The fraction of sp³-hybridized carbons (Fsp3) is 0.417. The van der Waals surface area contributed by atoms with Gasteiger partial charge in [0.05, 0.1) is 0 Å². The van der Waals surface area contributed by atoms with Crippen LogP contribution in [0.5, 0.6) is 0 Å². The molecule has 2 amide bonds. The van der Waals surface area contributed by atoms with E-state index in [-0.39, 0.29) is 17.2 Å². The summed E-state index contributed by atoms with van der Waals surface area (Å²) >= 11 is 0. The van der Waals surface area contributed by atoms with E-state index in [9.17, 15) is 9.59 Å². The molecule has 0 aliphatic carbocycles. The minimum absolute atomic E-state index is 0.0714. The van der Waals surface area contributed by atoms with Crippen LogP contribution in [0.15, 0.2) is 48.5 Å². The molecule has 2 aromatic rings. The third kappa shape index (κ3) is 4.20. The third-order valence-electron chi connectivity index (χ3n) is 6.63. The van der Waals surface area contributed by atoms with Gasteiger partial charge in [-0.15, -0.1) is 0 Å². The fourth-order valence-corrected chi connectivity index (χ4v) is 4.51. The predicted molar refractivity (Wildman–Crippen MR) is 114 cm³/mol. The van der Waals surface area contributed by atoms with Crippen molar-refractivity contribution in [2.24, 2.45) is 5.41 Å². The van der Waals surface area contributed by atoms with E-state index in [2.05, 4.69) is 52.8 Å². The lowest BCUT2D eigenvalue weighted by Crippen LogP contribution is -2.45. The van der Waals surface area contributed by atoms with Gasteiger partial charge in [0.2, 0.25) is 0 Å². The van der Waals surface area contributed by atoms with E-state index in [0.29, 0.717) is 24.2 Å². The average molecular weight is 392 g/mol. The lowest BCUT2D eigenvalue weighted by atomic mass is 9.76. The fourth-order valence-electron chi connectivity index (χ4n) is 4.51. The van der Waals surface area contributed by atoms with E-state index in [0.717, 1.165) is 44.5 Å². The molecule has 2 aromatic carbocycles. The van der Waals surface area contributed by atoms with Gasteiger partial charge in [-0.2, -0.15) is 0 Å². The molecular formula is C24H29N3O2. The number of fused-ring (bicyclic) bond motifs is 1. The monoisotopic (exact) mass is 391 g/mol. The number of piperidine rings is 1. The van der Waals surface area contributed by atoms with Gasteiger partial charge in [-0.3, -0.25) is 14.5 Å². The Morgan fingerprint density at radius 2 is 1.86 bits per heavy atom. The molecule has 2 aliphatic heterocycles. The third-order valence-corrected chi connectivity index (χ3v) is 6.63. The van der Waals surface area contributed by atoms with Crippen LogP contribution in [0.4, 0.5) is 0 Å². The number of hydrogen-bond donors (Lipinski definition) is 2. The first-order valence-electron chi connectivity index (χ1n) is 10.5. The van der Waals surface area contributed by atoms with Crippen LogP contribution in [0.3, 0.4) is 0 Å². The number of nitrogens with one attached hydrogen (secondary N) is 2. The molecule has 0 saturated carbocycles. The highest BCUT2D eigenvalue weighted by Crippen LogP contribution is 2.35. The minimum atomic E-state index is -0.0922. The van der Waals surface area contributed by atoms with E-state index >= 15 is 0 Å². The van der Waals surface area contributed by atoms with Crippen molar-refractivity contribution in [3.8, 4) is 0 Å². The lowest BCUT2D eigenvalue weighted by Gasteiger charge is -2.41. The van der Waals surface area contributed by atoms with Gasteiger partial charge in [-0.05, 0) is 61.0 Å². The summed E-state index contributed by atoms with van der Waals surface area (Å²) in [6.45, 7) is 6.44. The molecule has 5 heteroatoms. The minimum Gasteiger partial charge on any atom is -0.351 e. The summed E-state index contributed by atoms with van der Waals surface area (Å²) < 4.78 is 0. The topological polar surface area (TPSA) is 61.4 Å². The molecule has 152 valence electrons. The van der Waals surface area contributed by atoms with E-state index in [1.807, 2.05) is 6.07 Å². The van der Waals surface area contributed by atoms with Crippen LogP contribution in [0.25, 0.3) is 0 Å². The van der Waals surface area contributed by atoms with Gasteiger partial charge < -0.3 is 10.6 Å². The molecule has 0 radical (unpaired) electrons. The number of carbonyl (C=O) groups is 2. The predicted octanol–water partition coefficient (Wildman–Crippen LogP) is 3.35. The Morgan fingerprint density at radius 3 is 2.59 bits per heavy atom. The van der Waals surface area contributed by atoms with Crippen LogP contribution >= 0.6 is 0 Å². The molecule has 1 fully saturated rings. The molecule has 5 nitrogen and oxygen atoms in total. The van der Waals surface area contributed by atoms with Crippen LogP contribution in [-0.4, -0.2) is 36.3 Å². The Labute approximate surface area is 172 Å². The van der Waals surface area contributed by atoms with Gasteiger partial charge in [-0.25, -0.2) is 0 Å². The largest absolute Gasteiger partial charge is 0.351 e. The molecule has 0 unspecified atom stereocenters. The first-order chi connectivity index (χ1) is 14.1. The summed E-state index contributed by atoms with van der Waals surface area (Å²) in [6, 6.07) is 16.0. The van der Waals surface area contributed by atoms with E-state index in [1.54, 1.807) is 12.1 Å². The zero-order valence-corrected chi connectivity index (χ0v) is 17.0. The highest BCUT2D eigenvalue weighted by Gasteiger charge is 2.34. The Kier molecular flexibility index (Phi) is 5.67. The van der Waals surface area contributed by atoms with Crippen LogP contribution in [0.2, 0.25) is 0 Å². The summed E-state index contributed by atoms with van der Waals surface area (Å²) in [4.78, 5) is 27.2. The van der Waals surface area contributed by atoms with Gasteiger partial charge in [0.15, 0.2) is 0 Å². The molecule has 2 aliphatic rings. The second kappa shape index (κ2) is 8.37. The van der Waals surface area contributed by atoms with E-state index < -0.39 is 0 Å². The van der Waals surface area contributed by atoms with Crippen molar-refractivity contribution in [3.63, 3.8) is 0 Å². The average Bonchev–Trinajstić information content (AvgIpc) is 3.15. The van der Waals surface area contributed by atoms with Crippen molar-refractivity contribution in [2.75, 3.05) is 19.6 Å². The molecular weight excluding hydrogens is 362 g/mol. The molecule has 0 bridgehead atoms. The number of likely N-dealkylation sites (tertiary alicyclic amines) is 1. The lowest BCUT2D eigenvalue weighted by molar-refractivity contribution is 0.0789. The quantitative estimate of drug-likeness (QED) is 0.794. The summed E-state index contributed by atoms with van der Waals surface area (Å²) in [5.74, 6) is -0.164. The maximum absolute atomic E-state index is 12.9. The van der Waals surface area contributed by atoms with Gasteiger partial charge >= 0.3 is 0 Å². The van der Waals surface area contributed by atoms with Crippen molar-refractivity contribution >= 4 is 11.8 Å². The number of amides is 2. The molecule has 0 atom stereocenters. The first kappa shape index (κ1) is 19.6. The van der Waals surface area contributed by atoms with Gasteiger partial charge in [-0.1, -0.05) is 43.3 Å². The van der Waals surface area contributed by atoms with Crippen molar-refractivity contribution in [3.05, 3.63) is 70.8 Å². The van der Waals surface area contributed by atoms with Crippen molar-refractivity contribution in [1.82, 2.24) is 15.5 Å². The number of hydrogen-bond acceptors (Lipinski definition) is 3. The van der Waals surface area contributed by atoms with Crippen molar-refractivity contribution < 1.29 is 9.59 Å². The molecule has 4 rings (SSSR count). The zero-order chi connectivity index (χ0) is 20.3. The van der Waals surface area contributed by atoms with Crippen molar-refractivity contribution in [1.29, 1.82) is 0 Å². The Bertz CT molecular complexity index is 886. The number of rotatable bonds is 6. The molecule has 0 spiro atoms. The summed E-state index contributed by atoms with van der Waals surface area (Å²) in [7, 11) is 0. The summed E-state index contributed by atoms with van der Waals surface area (Å²) in [6.07, 6.45) is 3.23. The van der Waals surface area contributed by atoms with Crippen LogP contribution in [0, 0.1) is 5.41 Å². The summed E-state index contributed by atoms with van der Waals surface area (Å²) in [5.41, 5.74) is 3.56. The van der Waals surface area contributed by atoms with Gasteiger partial charge in [0.25, 0.3) is 11.8 Å². The summed E-state index contributed by atoms with van der Waals surface area (Å²) in [5, 5.41) is 5.98. The van der Waals surface area contributed by atoms with E-state index in [4.69, 9.17) is 0 Å². The molecule has 0 aromatic heterocycles. The molecule has 2 N–H and O–H groups in total. The van der Waals surface area contributed by atoms with Crippen LogP contribution < -0.4 is 10.6 Å². The Hall–Kier alpha value is -2.66. The highest BCUT2D eigenvalue weighted by atomic mass is 16.2. The first-order valence-corrected chi connectivity index (χ1v) is 10.5. The Morgan fingerprint density at radius 1 is 1.10 bits per heavy atom.